The van der Waals surface area contributed by atoms with E-state index >= 15 is 0 Å². The van der Waals surface area contributed by atoms with Gasteiger partial charge >= 0.3 is 0 Å². The van der Waals surface area contributed by atoms with Crippen molar-refractivity contribution in [2.24, 2.45) is 5.92 Å². The Balaban J connectivity index is 0.902. The number of hydrogen-bond acceptors (Lipinski definition) is 2. The summed E-state index contributed by atoms with van der Waals surface area (Å²) in [5, 5.41) is 7.54. The zero-order chi connectivity index (χ0) is 45.7. The van der Waals surface area contributed by atoms with Crippen molar-refractivity contribution in [3.8, 4) is 0 Å². The van der Waals surface area contributed by atoms with E-state index in [1.807, 2.05) is 11.8 Å². The molecule has 1 unspecified atom stereocenters. The van der Waals surface area contributed by atoms with Gasteiger partial charge in [0.2, 0.25) is 0 Å². The Morgan fingerprint density at radius 2 is 1.26 bits per heavy atom. The van der Waals surface area contributed by atoms with Crippen molar-refractivity contribution in [2.45, 2.75) is 58.3 Å². The van der Waals surface area contributed by atoms with Crippen LogP contribution in [0.4, 0.5) is 0 Å². The van der Waals surface area contributed by atoms with Crippen LogP contribution in [0.5, 0.6) is 0 Å². The topological polar surface area (TPSA) is 0 Å². The molecule has 5 aliphatic rings. The molecule has 0 spiro atoms. The monoisotopic (exact) mass is 906 g/mol. The lowest BCUT2D eigenvalue weighted by Crippen LogP contribution is -2.13. The fourth-order valence-corrected chi connectivity index (χ4v) is 12.8. The fourth-order valence-electron chi connectivity index (χ4n) is 11.3. The van der Waals surface area contributed by atoms with Crippen molar-refractivity contribution in [1.82, 2.24) is 0 Å². The maximum Gasteiger partial charge on any atom is 0.114 e. The summed E-state index contributed by atoms with van der Waals surface area (Å²) in [6, 6.07) is 55.3. The minimum atomic E-state index is 0.247. The van der Waals surface area contributed by atoms with Crippen LogP contribution in [0.2, 0.25) is 0 Å². The number of rotatable bonds is 8. The summed E-state index contributed by atoms with van der Waals surface area (Å²) in [5.41, 5.74) is 19.7. The smallest absolute Gasteiger partial charge is 0.0904 e. The Morgan fingerprint density at radius 3 is 2.03 bits per heavy atom. The lowest BCUT2D eigenvalue weighted by atomic mass is 9.75. The highest BCUT2D eigenvalue weighted by Gasteiger charge is 2.30. The van der Waals surface area contributed by atoms with E-state index in [1.54, 1.807) is 0 Å². The molecule has 3 heteroatoms. The number of hydrogen-bond donors (Lipinski definition) is 0. The molecule has 326 valence electrons. The molecule has 1 aliphatic heterocycles. The zero-order valence-corrected chi connectivity index (χ0v) is 40.2. The third kappa shape index (κ3) is 8.20. The highest BCUT2D eigenvalue weighted by molar-refractivity contribution is 8.12. The average molecular weight is 907 g/mol. The van der Waals surface area contributed by atoms with Gasteiger partial charge in [-0.2, -0.15) is 0 Å². The first-order chi connectivity index (χ1) is 33.4. The quantitative estimate of drug-likeness (QED) is 0.0645. The first-order valence-electron chi connectivity index (χ1n) is 24.4. The van der Waals surface area contributed by atoms with E-state index in [9.17, 15) is 0 Å². The molecule has 12 rings (SSSR count). The van der Waals surface area contributed by atoms with Crippen LogP contribution in [0.1, 0.15) is 79.7 Å². The largest absolute Gasteiger partial charge is 0.114 e. The van der Waals surface area contributed by atoms with E-state index < -0.39 is 0 Å². The molecule has 1 atom stereocenters. The second kappa shape index (κ2) is 18.2. The van der Waals surface area contributed by atoms with Gasteiger partial charge in [-0.15, -0.1) is 0 Å². The summed E-state index contributed by atoms with van der Waals surface area (Å²) in [6.45, 7) is 2.34. The van der Waals surface area contributed by atoms with Crippen molar-refractivity contribution in [1.29, 1.82) is 0 Å². The van der Waals surface area contributed by atoms with Crippen LogP contribution in [0.15, 0.2) is 237 Å². The van der Waals surface area contributed by atoms with Gasteiger partial charge in [0.25, 0.3) is 0 Å². The van der Waals surface area contributed by atoms with Gasteiger partial charge in [-0.25, -0.2) is 0 Å². The molecule has 0 saturated carbocycles. The lowest BCUT2D eigenvalue weighted by Gasteiger charge is -2.24. The van der Waals surface area contributed by atoms with Crippen molar-refractivity contribution in [2.75, 3.05) is 0 Å². The van der Waals surface area contributed by atoms with E-state index in [-0.39, 0.29) is 5.92 Å². The Hall–Kier alpha value is -6.52. The number of fused-ring (bicyclic) bond motifs is 5. The summed E-state index contributed by atoms with van der Waals surface area (Å²) in [4.78, 5) is 3.60. The standard InChI is InChI=1S/C65H51BS2/c1-41-46(29-31-58(41)60(51-25-21-42-11-2-6-15-47(42)34-51)39-62(67)53-27-23-44-13-4-8-17-49(44)36-53)33-55-19-10-20-56(64(55)66)38-57-30-32-59-61(52-26-22-43-12-3-7-16-48(43)35-52)40-63(68-65(57)59)54-28-24-45-14-5-9-18-50(45)37-54/h2-9,11-18,21-28,33,35-40,51H,10,19-20,29-32,34H2,1H3/b46-33+,56-38+,60-39-. The molecule has 0 fully saturated rings. The molecule has 0 saturated heterocycles. The highest BCUT2D eigenvalue weighted by atomic mass is 32.2. The van der Waals surface area contributed by atoms with Gasteiger partial charge in [0.1, 0.15) is 7.85 Å². The number of benzene rings is 7. The number of allylic oxidation sites excluding steroid dienone is 15. The van der Waals surface area contributed by atoms with Gasteiger partial charge in [-0.1, -0.05) is 198 Å². The van der Waals surface area contributed by atoms with Crippen LogP contribution in [-0.4, -0.2) is 12.7 Å². The molecule has 0 amide bonds. The van der Waals surface area contributed by atoms with Crippen molar-refractivity contribution >= 4 is 85.6 Å². The van der Waals surface area contributed by atoms with Crippen LogP contribution < -0.4 is 0 Å². The summed E-state index contributed by atoms with van der Waals surface area (Å²) in [7, 11) is 7.32. The van der Waals surface area contributed by atoms with Crippen LogP contribution in [0, 0.1) is 5.92 Å². The minimum absolute atomic E-state index is 0.247. The molecular weight excluding hydrogens is 856 g/mol. The Labute approximate surface area is 412 Å². The van der Waals surface area contributed by atoms with Gasteiger partial charge in [-0.05, 0) is 188 Å². The highest BCUT2D eigenvalue weighted by Crippen LogP contribution is 2.54. The number of thioether (sulfide) groups is 1. The predicted octanol–water partition coefficient (Wildman–Crippen LogP) is 17.5. The zero-order valence-electron chi connectivity index (χ0n) is 38.5. The van der Waals surface area contributed by atoms with Crippen LogP contribution in [0.25, 0.3) is 48.9 Å². The Morgan fingerprint density at radius 1 is 0.618 bits per heavy atom. The summed E-state index contributed by atoms with van der Waals surface area (Å²) >= 11 is 8.23. The molecule has 7 aromatic carbocycles. The third-order valence-electron chi connectivity index (χ3n) is 15.0. The first kappa shape index (κ1) is 42.8. The number of thiocarbonyl (C=S) groups is 1. The van der Waals surface area contributed by atoms with Crippen LogP contribution in [0.3, 0.4) is 0 Å². The first-order valence-corrected chi connectivity index (χ1v) is 25.6. The SMILES string of the molecule is [B]C1=C(/C=C2\CCC(C(=C\C(=S)c3ccc4ccccc4c3)/C3C=Cc4ccccc4C3)=C2C)CCC/C1=C\C1=C2SC(c3ccc4ccccc4c3)=CC(c3ccc4ccccc4c3)=C2CC1. The molecule has 2 radical (unpaired) electrons. The van der Waals surface area contributed by atoms with E-state index in [1.165, 1.54) is 115 Å². The maximum atomic E-state index is 7.32. The van der Waals surface area contributed by atoms with Gasteiger partial charge in [0, 0.05) is 20.6 Å². The van der Waals surface area contributed by atoms with Crippen molar-refractivity contribution in [3.63, 3.8) is 0 Å². The molecule has 0 aromatic heterocycles. The second-order valence-corrected chi connectivity index (χ2v) is 20.6. The Kier molecular flexibility index (Phi) is 11.4. The molecule has 4 aliphatic carbocycles. The maximum absolute atomic E-state index is 7.32. The van der Waals surface area contributed by atoms with E-state index in [4.69, 9.17) is 20.1 Å². The van der Waals surface area contributed by atoms with Crippen molar-refractivity contribution < 1.29 is 0 Å². The lowest BCUT2D eigenvalue weighted by molar-refractivity contribution is 0.744. The van der Waals surface area contributed by atoms with Crippen molar-refractivity contribution in [3.05, 3.63) is 265 Å². The molecule has 0 bridgehead atoms. The Bertz CT molecular complexity index is 3570. The molecular formula is C65H51BS2. The average Bonchev–Trinajstić information content (AvgIpc) is 3.97. The third-order valence-corrected chi connectivity index (χ3v) is 16.7. The van der Waals surface area contributed by atoms with Gasteiger partial charge in [0.15, 0.2) is 0 Å². The molecule has 1 heterocycles. The van der Waals surface area contributed by atoms with E-state index in [2.05, 4.69) is 195 Å². The normalized spacial score (nSPS) is 19.8. The van der Waals surface area contributed by atoms with E-state index in [0.29, 0.717) is 0 Å². The second-order valence-electron chi connectivity index (χ2n) is 19.1. The summed E-state index contributed by atoms with van der Waals surface area (Å²) in [6.07, 6.45) is 22.6. The molecule has 68 heavy (non-hydrogen) atoms. The predicted molar refractivity (Wildman–Crippen MR) is 298 cm³/mol. The molecule has 7 aromatic rings. The summed E-state index contributed by atoms with van der Waals surface area (Å²) < 4.78 is 0. The molecule has 0 N–H and O–H groups in total. The minimum Gasteiger partial charge on any atom is -0.0904 e. The molecule has 0 nitrogen and oxygen atoms in total. The summed E-state index contributed by atoms with van der Waals surface area (Å²) in [5.74, 6) is 0.247. The van der Waals surface area contributed by atoms with Crippen LogP contribution >= 0.6 is 24.0 Å². The van der Waals surface area contributed by atoms with Gasteiger partial charge in [-0.3, -0.25) is 0 Å². The van der Waals surface area contributed by atoms with Gasteiger partial charge < -0.3 is 0 Å². The fraction of sp³-hybridized carbons (Fsp3) is 0.154. The van der Waals surface area contributed by atoms with Gasteiger partial charge in [0.05, 0.1) is 0 Å². The van der Waals surface area contributed by atoms with Crippen LogP contribution in [-0.2, 0) is 6.42 Å². The van der Waals surface area contributed by atoms with E-state index in [0.717, 1.165) is 67.3 Å².